The third-order valence-corrected chi connectivity index (χ3v) is 2.13. The van der Waals surface area contributed by atoms with Gasteiger partial charge in [-0.15, -0.1) is 0 Å². The number of aryl methyl sites for hydroxylation is 1. The van der Waals surface area contributed by atoms with E-state index in [1.165, 1.54) is 12.3 Å². The second-order valence-corrected chi connectivity index (χ2v) is 3.55. The van der Waals surface area contributed by atoms with Crippen LogP contribution in [0.4, 0.5) is 22.0 Å². The number of hydrogen-bond donors (Lipinski definition) is 3. The number of hydrogen-bond acceptors (Lipinski definition) is 4. The Morgan fingerprint density at radius 2 is 2.18 bits per heavy atom. The van der Waals surface area contributed by atoms with Crippen molar-refractivity contribution in [1.82, 2.24) is 5.16 Å². The van der Waals surface area contributed by atoms with Gasteiger partial charge in [0, 0.05) is 6.07 Å². The lowest BCUT2D eigenvalue weighted by Crippen LogP contribution is -2.20. The van der Waals surface area contributed by atoms with Gasteiger partial charge in [0.1, 0.15) is 6.26 Å². The van der Waals surface area contributed by atoms with Crippen molar-refractivity contribution in [2.45, 2.75) is 6.92 Å². The maximum Gasteiger partial charge on any atom is 0.325 e. The fraction of sp³-hybridized carbons (Fsp3) is 0.0909. The van der Waals surface area contributed by atoms with Crippen LogP contribution in [0.5, 0.6) is 0 Å². The maximum atomic E-state index is 11.6. The highest BCUT2D eigenvalue weighted by molar-refractivity contribution is 6.00. The molecule has 17 heavy (non-hydrogen) atoms. The van der Waals surface area contributed by atoms with E-state index in [-0.39, 0.29) is 0 Å². The molecule has 1 heterocycles. The molecule has 0 radical (unpaired) electrons. The van der Waals surface area contributed by atoms with Gasteiger partial charge in [-0.3, -0.25) is 5.32 Å². The van der Waals surface area contributed by atoms with Crippen LogP contribution >= 0.6 is 0 Å². The van der Waals surface area contributed by atoms with Crippen LogP contribution in [0.25, 0.3) is 0 Å². The van der Waals surface area contributed by atoms with Crippen molar-refractivity contribution >= 4 is 23.2 Å². The predicted molar refractivity (Wildman–Crippen MR) is 64.7 cm³/mol. The Morgan fingerprint density at radius 1 is 1.35 bits per heavy atom. The molecule has 0 fully saturated rings. The summed E-state index contributed by atoms with van der Waals surface area (Å²) < 4.78 is 4.59. The molecule has 6 nitrogen and oxygen atoms in total. The molecular formula is C11H12N4O2. The highest BCUT2D eigenvalue weighted by Gasteiger charge is 2.06. The minimum Gasteiger partial charge on any atom is -0.397 e. The second-order valence-electron chi connectivity index (χ2n) is 3.55. The van der Waals surface area contributed by atoms with Crippen molar-refractivity contribution in [2.75, 3.05) is 16.4 Å². The normalized spacial score (nSPS) is 9.94. The number of nitrogen functional groups attached to an aromatic ring is 1. The highest BCUT2D eigenvalue weighted by atomic mass is 16.5. The number of amides is 2. The SMILES string of the molecule is Cc1ccc(NC(=O)Nc2ccon2)c(N)c1. The molecule has 0 saturated carbocycles. The molecule has 6 heteroatoms. The van der Waals surface area contributed by atoms with E-state index in [0.29, 0.717) is 17.2 Å². The summed E-state index contributed by atoms with van der Waals surface area (Å²) in [7, 11) is 0. The van der Waals surface area contributed by atoms with Gasteiger partial charge in [-0.2, -0.15) is 0 Å². The maximum absolute atomic E-state index is 11.6. The number of rotatable bonds is 2. The molecule has 0 saturated heterocycles. The number of urea groups is 1. The number of benzene rings is 1. The summed E-state index contributed by atoms with van der Waals surface area (Å²) in [5.74, 6) is 0.341. The zero-order chi connectivity index (χ0) is 12.3. The van der Waals surface area contributed by atoms with Gasteiger partial charge < -0.3 is 15.6 Å². The number of nitrogens with two attached hydrogens (primary N) is 1. The molecule has 0 bridgehead atoms. The smallest absolute Gasteiger partial charge is 0.325 e. The van der Waals surface area contributed by atoms with Gasteiger partial charge in [0.15, 0.2) is 5.82 Å². The average Bonchev–Trinajstić information content (AvgIpc) is 2.75. The summed E-state index contributed by atoms with van der Waals surface area (Å²) in [5, 5.41) is 8.68. The number of nitrogens with one attached hydrogen (secondary N) is 2. The van der Waals surface area contributed by atoms with E-state index in [1.807, 2.05) is 13.0 Å². The molecule has 0 unspecified atom stereocenters. The highest BCUT2D eigenvalue weighted by Crippen LogP contribution is 2.19. The lowest BCUT2D eigenvalue weighted by atomic mass is 10.2. The first-order chi connectivity index (χ1) is 8.15. The fourth-order valence-corrected chi connectivity index (χ4v) is 1.34. The Bertz CT molecular complexity index is 522. The third kappa shape index (κ3) is 2.75. The quantitative estimate of drug-likeness (QED) is 0.692. The summed E-state index contributed by atoms with van der Waals surface area (Å²) in [5.41, 5.74) is 7.87. The van der Waals surface area contributed by atoms with E-state index in [0.717, 1.165) is 5.56 Å². The molecule has 0 atom stereocenters. The van der Waals surface area contributed by atoms with Crippen molar-refractivity contribution in [3.63, 3.8) is 0 Å². The van der Waals surface area contributed by atoms with Crippen LogP contribution in [0.2, 0.25) is 0 Å². The minimum atomic E-state index is -0.422. The van der Waals surface area contributed by atoms with E-state index in [1.54, 1.807) is 12.1 Å². The predicted octanol–water partition coefficient (Wildman–Crippen LogP) is 2.21. The van der Waals surface area contributed by atoms with Crippen LogP contribution in [-0.2, 0) is 0 Å². The van der Waals surface area contributed by atoms with Crippen molar-refractivity contribution in [2.24, 2.45) is 0 Å². The fourth-order valence-electron chi connectivity index (χ4n) is 1.34. The molecule has 0 aliphatic carbocycles. The van der Waals surface area contributed by atoms with Gasteiger partial charge in [-0.1, -0.05) is 11.2 Å². The summed E-state index contributed by atoms with van der Waals surface area (Å²) in [6.07, 6.45) is 1.37. The van der Waals surface area contributed by atoms with Gasteiger partial charge in [-0.25, -0.2) is 4.79 Å². The van der Waals surface area contributed by atoms with E-state index >= 15 is 0 Å². The van der Waals surface area contributed by atoms with Crippen LogP contribution in [0.1, 0.15) is 5.56 Å². The van der Waals surface area contributed by atoms with E-state index in [2.05, 4.69) is 20.3 Å². The third-order valence-electron chi connectivity index (χ3n) is 2.13. The van der Waals surface area contributed by atoms with Crippen molar-refractivity contribution in [3.8, 4) is 0 Å². The Hall–Kier alpha value is -2.50. The lowest BCUT2D eigenvalue weighted by molar-refractivity contribution is 0.262. The zero-order valence-corrected chi connectivity index (χ0v) is 9.23. The van der Waals surface area contributed by atoms with Gasteiger partial charge >= 0.3 is 6.03 Å². The van der Waals surface area contributed by atoms with Gasteiger partial charge in [-0.05, 0) is 24.6 Å². The monoisotopic (exact) mass is 232 g/mol. The molecule has 0 spiro atoms. The first-order valence-electron chi connectivity index (χ1n) is 4.99. The first-order valence-corrected chi connectivity index (χ1v) is 4.99. The zero-order valence-electron chi connectivity index (χ0n) is 9.23. The van der Waals surface area contributed by atoms with Crippen LogP contribution in [-0.4, -0.2) is 11.2 Å². The average molecular weight is 232 g/mol. The van der Waals surface area contributed by atoms with Crippen molar-refractivity contribution < 1.29 is 9.32 Å². The topological polar surface area (TPSA) is 93.2 Å². The second kappa shape index (κ2) is 4.56. The van der Waals surface area contributed by atoms with Crippen LogP contribution in [0, 0.1) is 6.92 Å². The molecule has 0 aliphatic heterocycles. The molecule has 1 aromatic carbocycles. The number of nitrogens with zero attached hydrogens (tertiary/aromatic N) is 1. The summed E-state index contributed by atoms with van der Waals surface area (Å²) in [4.78, 5) is 11.6. The lowest BCUT2D eigenvalue weighted by Gasteiger charge is -2.08. The van der Waals surface area contributed by atoms with E-state index in [9.17, 15) is 4.79 Å². The Morgan fingerprint density at radius 3 is 2.82 bits per heavy atom. The summed E-state index contributed by atoms with van der Waals surface area (Å²) in [6, 6.07) is 6.51. The molecule has 2 rings (SSSR count). The molecular weight excluding hydrogens is 220 g/mol. The van der Waals surface area contributed by atoms with E-state index in [4.69, 9.17) is 5.73 Å². The molecule has 0 aliphatic rings. The molecule has 88 valence electrons. The molecule has 4 N–H and O–H groups in total. The van der Waals surface area contributed by atoms with Crippen LogP contribution < -0.4 is 16.4 Å². The van der Waals surface area contributed by atoms with Gasteiger partial charge in [0.25, 0.3) is 0 Å². The number of carbonyl (C=O) groups is 1. The molecule has 2 amide bonds. The molecule has 1 aromatic heterocycles. The minimum absolute atomic E-state index is 0.341. The summed E-state index contributed by atoms with van der Waals surface area (Å²) in [6.45, 7) is 1.93. The van der Waals surface area contributed by atoms with Gasteiger partial charge in [0.05, 0.1) is 11.4 Å². The number of anilines is 3. The number of carbonyl (C=O) groups excluding carboxylic acids is 1. The Balaban J connectivity index is 2.03. The Kier molecular flexibility index (Phi) is 2.95. The van der Waals surface area contributed by atoms with Crippen molar-refractivity contribution in [3.05, 3.63) is 36.1 Å². The standard InChI is InChI=1S/C11H12N4O2/c1-7-2-3-9(8(12)6-7)13-11(16)14-10-4-5-17-15-10/h2-6H,12H2,1H3,(H2,13,14,15,16). The summed E-state index contributed by atoms with van der Waals surface area (Å²) >= 11 is 0. The van der Waals surface area contributed by atoms with Crippen LogP contribution in [0.3, 0.4) is 0 Å². The van der Waals surface area contributed by atoms with Crippen LogP contribution in [0.15, 0.2) is 35.1 Å². The van der Waals surface area contributed by atoms with Crippen molar-refractivity contribution in [1.29, 1.82) is 0 Å². The molecule has 2 aromatic rings. The number of aromatic nitrogens is 1. The van der Waals surface area contributed by atoms with Gasteiger partial charge in [0.2, 0.25) is 0 Å². The largest absolute Gasteiger partial charge is 0.397 e. The Labute approximate surface area is 97.8 Å². The first kappa shape index (κ1) is 11.0. The van der Waals surface area contributed by atoms with E-state index < -0.39 is 6.03 Å².